The number of hydrogen-bond acceptors (Lipinski definition) is 4. The highest BCUT2D eigenvalue weighted by atomic mass is 32.1. The Morgan fingerprint density at radius 3 is 2.70 bits per heavy atom. The Bertz CT molecular complexity index is 666. The third-order valence-electron chi connectivity index (χ3n) is 3.99. The van der Waals surface area contributed by atoms with E-state index in [1.807, 2.05) is 29.2 Å². The molecule has 0 spiro atoms. The van der Waals surface area contributed by atoms with Crippen molar-refractivity contribution in [1.82, 2.24) is 14.8 Å². The number of piperazine rings is 1. The molecule has 3 rings (SSSR count). The van der Waals surface area contributed by atoms with Gasteiger partial charge in [-0.05, 0) is 24.1 Å². The molecule has 1 aromatic heterocycles. The molecule has 1 saturated heterocycles. The van der Waals surface area contributed by atoms with E-state index in [0.717, 1.165) is 47.9 Å². The van der Waals surface area contributed by atoms with E-state index in [9.17, 15) is 4.79 Å². The Morgan fingerprint density at radius 1 is 1.26 bits per heavy atom. The average molecular weight is 329 g/mol. The summed E-state index contributed by atoms with van der Waals surface area (Å²) < 4.78 is 1.15. The number of para-hydroxylation sites is 1. The van der Waals surface area contributed by atoms with Gasteiger partial charge in [0.05, 0.1) is 10.2 Å². The number of thiazole rings is 1. The number of carbonyl (C=O) groups excluding carboxylic acids is 1. The zero-order chi connectivity index (χ0) is 16.2. The maximum Gasteiger partial charge on any atom is 0.246 e. The fraction of sp³-hybridized carbons (Fsp3) is 0.444. The van der Waals surface area contributed by atoms with Crippen LogP contribution in [0.15, 0.2) is 30.3 Å². The molecule has 2 heterocycles. The summed E-state index contributed by atoms with van der Waals surface area (Å²) in [5.74, 6) is 0.768. The predicted molar refractivity (Wildman–Crippen MR) is 96.5 cm³/mol. The van der Waals surface area contributed by atoms with Crippen LogP contribution in [0, 0.1) is 5.92 Å². The number of rotatable bonds is 4. The normalized spacial score (nSPS) is 16.7. The number of aromatic nitrogens is 1. The molecule has 0 atom stereocenters. The van der Waals surface area contributed by atoms with Crippen molar-refractivity contribution < 1.29 is 4.79 Å². The molecule has 1 aliphatic heterocycles. The van der Waals surface area contributed by atoms with Crippen molar-refractivity contribution in [2.24, 2.45) is 5.92 Å². The van der Waals surface area contributed by atoms with Crippen LogP contribution in [0.3, 0.4) is 0 Å². The summed E-state index contributed by atoms with van der Waals surface area (Å²) in [4.78, 5) is 21.2. The van der Waals surface area contributed by atoms with E-state index in [1.54, 1.807) is 17.4 Å². The molecular formula is C18H23N3OS. The first kappa shape index (κ1) is 16.1. The van der Waals surface area contributed by atoms with Gasteiger partial charge in [-0.2, -0.15) is 0 Å². The molecule has 4 nitrogen and oxygen atoms in total. The van der Waals surface area contributed by atoms with E-state index in [2.05, 4.69) is 29.8 Å². The van der Waals surface area contributed by atoms with Gasteiger partial charge >= 0.3 is 0 Å². The van der Waals surface area contributed by atoms with Crippen LogP contribution in [0.2, 0.25) is 0 Å². The number of nitrogens with zero attached hydrogens (tertiary/aromatic N) is 3. The maximum atomic E-state index is 12.3. The Labute approximate surface area is 141 Å². The Kier molecular flexibility index (Phi) is 5.08. The Morgan fingerprint density at radius 2 is 2.00 bits per heavy atom. The number of benzene rings is 1. The van der Waals surface area contributed by atoms with Crippen LogP contribution in [-0.4, -0.2) is 53.4 Å². The summed E-state index contributed by atoms with van der Waals surface area (Å²) >= 11 is 1.62. The van der Waals surface area contributed by atoms with Gasteiger partial charge in [-0.15, -0.1) is 11.3 Å². The molecule has 1 aliphatic rings. The monoisotopic (exact) mass is 329 g/mol. The van der Waals surface area contributed by atoms with E-state index >= 15 is 0 Å². The number of hydrogen-bond donors (Lipinski definition) is 0. The Balaban J connectivity index is 1.57. The van der Waals surface area contributed by atoms with Gasteiger partial charge in [0, 0.05) is 38.8 Å². The van der Waals surface area contributed by atoms with Crippen LogP contribution in [0.25, 0.3) is 16.3 Å². The lowest BCUT2D eigenvalue weighted by atomic mass is 10.2. The van der Waals surface area contributed by atoms with Gasteiger partial charge in [0.2, 0.25) is 5.91 Å². The predicted octanol–water partition coefficient (Wildman–Crippen LogP) is 3.11. The van der Waals surface area contributed by atoms with E-state index in [1.165, 1.54) is 0 Å². The van der Waals surface area contributed by atoms with Crippen molar-refractivity contribution in [1.29, 1.82) is 0 Å². The molecule has 0 aliphatic carbocycles. The van der Waals surface area contributed by atoms with E-state index in [0.29, 0.717) is 5.92 Å². The second kappa shape index (κ2) is 7.23. The van der Waals surface area contributed by atoms with Crippen LogP contribution in [0.1, 0.15) is 18.9 Å². The second-order valence-corrected chi connectivity index (χ2v) is 7.44. The van der Waals surface area contributed by atoms with Gasteiger partial charge in [-0.3, -0.25) is 9.69 Å². The molecule has 0 radical (unpaired) electrons. The second-order valence-electron chi connectivity index (χ2n) is 6.37. The third-order valence-corrected chi connectivity index (χ3v) is 4.99. The zero-order valence-corrected chi connectivity index (χ0v) is 14.6. The summed E-state index contributed by atoms with van der Waals surface area (Å²) in [6.07, 6.45) is 3.50. The standard InChI is InChI=1S/C18H23N3OS/c1-14(2)13-20-9-11-21(12-10-20)18(22)8-7-17-19-15-5-3-4-6-16(15)23-17/h3-8,14H,9-13H2,1-2H3/b8-7-. The molecule has 0 saturated carbocycles. The highest BCUT2D eigenvalue weighted by Crippen LogP contribution is 2.22. The lowest BCUT2D eigenvalue weighted by Crippen LogP contribution is -2.49. The molecule has 1 fully saturated rings. The summed E-state index contributed by atoms with van der Waals surface area (Å²) in [6, 6.07) is 8.05. The van der Waals surface area contributed by atoms with Gasteiger partial charge < -0.3 is 4.90 Å². The molecule has 0 N–H and O–H groups in total. The van der Waals surface area contributed by atoms with Gasteiger partial charge in [-0.1, -0.05) is 26.0 Å². The molecule has 0 bridgehead atoms. The van der Waals surface area contributed by atoms with Gasteiger partial charge in [0.1, 0.15) is 5.01 Å². The van der Waals surface area contributed by atoms with E-state index < -0.39 is 0 Å². The average Bonchev–Trinajstić information content (AvgIpc) is 2.95. The summed E-state index contributed by atoms with van der Waals surface area (Å²) in [5, 5.41) is 0.887. The fourth-order valence-electron chi connectivity index (χ4n) is 2.88. The van der Waals surface area contributed by atoms with Gasteiger partial charge in [0.15, 0.2) is 0 Å². The molecule has 1 amide bonds. The summed E-state index contributed by atoms with van der Waals surface area (Å²) in [6.45, 7) is 9.16. The van der Waals surface area contributed by atoms with Crippen LogP contribution in [-0.2, 0) is 4.79 Å². The van der Waals surface area contributed by atoms with Crippen molar-refractivity contribution in [3.63, 3.8) is 0 Å². The first-order chi connectivity index (χ1) is 11.1. The first-order valence-corrected chi connectivity index (χ1v) is 8.98. The fourth-order valence-corrected chi connectivity index (χ4v) is 3.75. The van der Waals surface area contributed by atoms with Crippen molar-refractivity contribution >= 4 is 33.5 Å². The van der Waals surface area contributed by atoms with Crippen LogP contribution >= 0.6 is 11.3 Å². The third kappa shape index (κ3) is 4.18. The van der Waals surface area contributed by atoms with Crippen molar-refractivity contribution in [3.05, 3.63) is 35.3 Å². The minimum atomic E-state index is 0.0912. The highest BCUT2D eigenvalue weighted by molar-refractivity contribution is 7.19. The molecule has 23 heavy (non-hydrogen) atoms. The molecule has 2 aromatic rings. The topological polar surface area (TPSA) is 36.4 Å². The highest BCUT2D eigenvalue weighted by Gasteiger charge is 2.19. The minimum Gasteiger partial charge on any atom is -0.337 e. The quantitative estimate of drug-likeness (QED) is 0.809. The van der Waals surface area contributed by atoms with Gasteiger partial charge in [-0.25, -0.2) is 4.98 Å². The molecular weight excluding hydrogens is 306 g/mol. The van der Waals surface area contributed by atoms with Crippen molar-refractivity contribution in [3.8, 4) is 0 Å². The lowest BCUT2D eigenvalue weighted by Gasteiger charge is -2.35. The van der Waals surface area contributed by atoms with E-state index in [4.69, 9.17) is 0 Å². The number of carbonyl (C=O) groups is 1. The van der Waals surface area contributed by atoms with Gasteiger partial charge in [0.25, 0.3) is 0 Å². The first-order valence-electron chi connectivity index (χ1n) is 8.17. The zero-order valence-electron chi connectivity index (χ0n) is 13.7. The molecule has 122 valence electrons. The maximum absolute atomic E-state index is 12.3. The molecule has 1 aromatic carbocycles. The largest absolute Gasteiger partial charge is 0.337 e. The van der Waals surface area contributed by atoms with E-state index in [-0.39, 0.29) is 5.91 Å². The number of fused-ring (bicyclic) bond motifs is 1. The SMILES string of the molecule is CC(C)CN1CCN(C(=O)/C=C\c2nc3ccccc3s2)CC1. The van der Waals surface area contributed by atoms with Crippen LogP contribution in [0.5, 0.6) is 0 Å². The van der Waals surface area contributed by atoms with Crippen molar-refractivity contribution in [2.45, 2.75) is 13.8 Å². The summed E-state index contributed by atoms with van der Waals surface area (Å²) in [5.41, 5.74) is 0.992. The Hall–Kier alpha value is -1.72. The molecule has 0 unspecified atom stereocenters. The van der Waals surface area contributed by atoms with Crippen LogP contribution in [0.4, 0.5) is 0 Å². The summed E-state index contributed by atoms with van der Waals surface area (Å²) in [7, 11) is 0. The lowest BCUT2D eigenvalue weighted by molar-refractivity contribution is -0.127. The smallest absolute Gasteiger partial charge is 0.246 e. The van der Waals surface area contributed by atoms with Crippen molar-refractivity contribution in [2.75, 3.05) is 32.7 Å². The number of amides is 1. The minimum absolute atomic E-state index is 0.0912. The van der Waals surface area contributed by atoms with Crippen LogP contribution < -0.4 is 0 Å². The molecule has 5 heteroatoms.